The summed E-state index contributed by atoms with van der Waals surface area (Å²) in [6.07, 6.45) is 4.26. The first-order chi connectivity index (χ1) is 9.63. The molecule has 0 amide bonds. The fourth-order valence-corrected chi connectivity index (χ4v) is 3.39. The third kappa shape index (κ3) is 2.61. The lowest BCUT2D eigenvalue weighted by Crippen LogP contribution is -2.20. The van der Waals surface area contributed by atoms with Crippen molar-refractivity contribution in [3.63, 3.8) is 0 Å². The van der Waals surface area contributed by atoms with Crippen LogP contribution in [0.25, 0.3) is 0 Å². The Morgan fingerprint density at radius 2 is 2.00 bits per heavy atom. The molecule has 2 atom stereocenters. The minimum atomic E-state index is -0.340. The monoisotopic (exact) mass is 267 g/mol. The Bertz CT molecular complexity index is 600. The minimum Gasteiger partial charge on any atom is -0.392 e. The van der Waals surface area contributed by atoms with E-state index >= 15 is 0 Å². The first-order valence-corrected chi connectivity index (χ1v) is 7.32. The first kappa shape index (κ1) is 13.3. The molecule has 1 aromatic carbocycles. The van der Waals surface area contributed by atoms with E-state index in [2.05, 4.69) is 43.1 Å². The van der Waals surface area contributed by atoms with Gasteiger partial charge in [-0.25, -0.2) is 0 Å². The van der Waals surface area contributed by atoms with E-state index in [1.54, 1.807) is 0 Å². The van der Waals surface area contributed by atoms with E-state index in [9.17, 15) is 5.11 Å². The molecule has 0 radical (unpaired) electrons. The molecule has 1 aliphatic carbocycles. The molecule has 0 saturated heterocycles. The number of hydrogen-bond donors (Lipinski definition) is 1. The van der Waals surface area contributed by atoms with Crippen molar-refractivity contribution in [3.05, 3.63) is 64.5 Å². The highest BCUT2D eigenvalue weighted by Gasteiger charge is 2.29. The van der Waals surface area contributed by atoms with E-state index in [0.29, 0.717) is 6.42 Å². The van der Waals surface area contributed by atoms with Crippen LogP contribution in [0.3, 0.4) is 0 Å². The predicted octanol–water partition coefficient (Wildman–Crippen LogP) is 3.33. The number of pyridine rings is 1. The van der Waals surface area contributed by atoms with Crippen molar-refractivity contribution in [3.8, 4) is 0 Å². The number of aryl methyl sites for hydroxylation is 3. The SMILES string of the molecule is Cc1cc(C)cc(CC(O)C2CCc3cccnc32)c1. The Kier molecular flexibility index (Phi) is 3.58. The minimum absolute atomic E-state index is 0.187. The molecule has 0 aliphatic heterocycles. The Morgan fingerprint density at radius 1 is 1.25 bits per heavy atom. The van der Waals surface area contributed by atoms with Crippen LogP contribution in [0.2, 0.25) is 0 Å². The van der Waals surface area contributed by atoms with Gasteiger partial charge in [-0.1, -0.05) is 35.4 Å². The van der Waals surface area contributed by atoms with Crippen LogP contribution in [-0.2, 0) is 12.8 Å². The third-order valence-corrected chi connectivity index (χ3v) is 4.19. The summed E-state index contributed by atoms with van der Waals surface area (Å²) in [5.41, 5.74) is 6.15. The Hall–Kier alpha value is -1.67. The molecule has 104 valence electrons. The molecule has 0 saturated carbocycles. The fraction of sp³-hybridized carbons (Fsp3) is 0.389. The van der Waals surface area contributed by atoms with Crippen molar-refractivity contribution in [2.45, 2.75) is 45.1 Å². The summed E-state index contributed by atoms with van der Waals surface area (Å²) in [6.45, 7) is 4.21. The molecule has 0 bridgehead atoms. The van der Waals surface area contributed by atoms with Gasteiger partial charge in [-0.05, 0) is 50.3 Å². The number of fused-ring (bicyclic) bond motifs is 1. The molecular weight excluding hydrogens is 246 g/mol. The normalized spacial score (nSPS) is 18.9. The van der Waals surface area contributed by atoms with Gasteiger partial charge in [0, 0.05) is 17.8 Å². The molecule has 0 spiro atoms. The summed E-state index contributed by atoms with van der Waals surface area (Å²) in [5, 5.41) is 10.6. The lowest BCUT2D eigenvalue weighted by molar-refractivity contribution is 0.141. The summed E-state index contributed by atoms with van der Waals surface area (Å²) in [6, 6.07) is 10.6. The number of nitrogens with zero attached hydrogens (tertiary/aromatic N) is 1. The molecule has 1 aliphatic rings. The van der Waals surface area contributed by atoms with E-state index in [-0.39, 0.29) is 12.0 Å². The predicted molar refractivity (Wildman–Crippen MR) is 80.9 cm³/mol. The van der Waals surface area contributed by atoms with Crippen LogP contribution in [0.15, 0.2) is 36.5 Å². The Labute approximate surface area is 120 Å². The van der Waals surface area contributed by atoms with Gasteiger partial charge in [0.15, 0.2) is 0 Å². The van der Waals surface area contributed by atoms with Gasteiger partial charge >= 0.3 is 0 Å². The number of aliphatic hydroxyl groups is 1. The van der Waals surface area contributed by atoms with Gasteiger partial charge in [-0.3, -0.25) is 4.98 Å². The van der Waals surface area contributed by atoms with Gasteiger partial charge in [0.2, 0.25) is 0 Å². The van der Waals surface area contributed by atoms with Crippen LogP contribution < -0.4 is 0 Å². The maximum atomic E-state index is 10.6. The average molecular weight is 267 g/mol. The van der Waals surface area contributed by atoms with Gasteiger partial charge < -0.3 is 5.11 Å². The highest BCUT2D eigenvalue weighted by molar-refractivity contribution is 5.32. The van der Waals surface area contributed by atoms with Crippen molar-refractivity contribution < 1.29 is 5.11 Å². The standard InChI is InChI=1S/C18H21NO/c1-12-8-13(2)10-14(9-12)11-17(20)16-6-5-15-4-3-7-19-18(15)16/h3-4,7-10,16-17,20H,5-6,11H2,1-2H3. The first-order valence-electron chi connectivity index (χ1n) is 7.32. The molecule has 2 unspecified atom stereocenters. The van der Waals surface area contributed by atoms with Gasteiger partial charge in [-0.2, -0.15) is 0 Å². The second-order valence-corrected chi connectivity index (χ2v) is 5.96. The number of aromatic nitrogens is 1. The molecule has 1 heterocycles. The molecule has 3 rings (SSSR count). The van der Waals surface area contributed by atoms with Crippen molar-refractivity contribution in [1.29, 1.82) is 0 Å². The molecule has 1 aromatic heterocycles. The molecule has 20 heavy (non-hydrogen) atoms. The van der Waals surface area contributed by atoms with Crippen LogP contribution in [0.4, 0.5) is 0 Å². The summed E-state index contributed by atoms with van der Waals surface area (Å²) < 4.78 is 0. The lowest BCUT2D eigenvalue weighted by atomic mass is 9.92. The van der Waals surface area contributed by atoms with Crippen molar-refractivity contribution >= 4 is 0 Å². The van der Waals surface area contributed by atoms with Crippen LogP contribution >= 0.6 is 0 Å². The second kappa shape index (κ2) is 5.37. The quantitative estimate of drug-likeness (QED) is 0.925. The third-order valence-electron chi connectivity index (χ3n) is 4.19. The Balaban J connectivity index is 1.79. The molecule has 2 aromatic rings. The van der Waals surface area contributed by atoms with Crippen LogP contribution in [0.1, 0.15) is 40.3 Å². The molecular formula is C18H21NO. The Morgan fingerprint density at radius 3 is 2.75 bits per heavy atom. The van der Waals surface area contributed by atoms with Crippen molar-refractivity contribution in [2.24, 2.45) is 0 Å². The summed E-state index contributed by atoms with van der Waals surface area (Å²) in [5.74, 6) is 0.187. The maximum absolute atomic E-state index is 10.6. The van der Waals surface area contributed by atoms with Gasteiger partial charge in [0.25, 0.3) is 0 Å². The lowest BCUT2D eigenvalue weighted by Gasteiger charge is -2.19. The number of aliphatic hydroxyl groups excluding tert-OH is 1. The molecule has 2 heteroatoms. The second-order valence-electron chi connectivity index (χ2n) is 5.96. The van der Waals surface area contributed by atoms with Crippen molar-refractivity contribution in [2.75, 3.05) is 0 Å². The zero-order valence-corrected chi connectivity index (χ0v) is 12.1. The van der Waals surface area contributed by atoms with E-state index in [0.717, 1.165) is 18.5 Å². The molecule has 1 N–H and O–H groups in total. The zero-order chi connectivity index (χ0) is 14.1. The highest BCUT2D eigenvalue weighted by Crippen LogP contribution is 2.34. The van der Waals surface area contributed by atoms with Crippen molar-refractivity contribution in [1.82, 2.24) is 4.98 Å². The summed E-state index contributed by atoms with van der Waals surface area (Å²) in [4.78, 5) is 4.48. The van der Waals surface area contributed by atoms with Gasteiger partial charge in [0.05, 0.1) is 6.10 Å². The topological polar surface area (TPSA) is 33.1 Å². The van der Waals surface area contributed by atoms with E-state index in [1.165, 1.54) is 22.3 Å². The summed E-state index contributed by atoms with van der Waals surface area (Å²) >= 11 is 0. The maximum Gasteiger partial charge on any atom is 0.0664 e. The van der Waals surface area contributed by atoms with E-state index < -0.39 is 0 Å². The average Bonchev–Trinajstić information content (AvgIpc) is 2.81. The molecule has 2 nitrogen and oxygen atoms in total. The highest BCUT2D eigenvalue weighted by atomic mass is 16.3. The fourth-order valence-electron chi connectivity index (χ4n) is 3.39. The number of rotatable bonds is 3. The smallest absolute Gasteiger partial charge is 0.0664 e. The largest absolute Gasteiger partial charge is 0.392 e. The summed E-state index contributed by atoms with van der Waals surface area (Å²) in [7, 11) is 0. The van der Waals surface area contributed by atoms with Crippen LogP contribution in [0.5, 0.6) is 0 Å². The van der Waals surface area contributed by atoms with Crippen LogP contribution in [0, 0.1) is 13.8 Å². The zero-order valence-electron chi connectivity index (χ0n) is 12.1. The number of benzene rings is 1. The van der Waals surface area contributed by atoms with Gasteiger partial charge in [0.1, 0.15) is 0 Å². The van der Waals surface area contributed by atoms with Crippen LogP contribution in [-0.4, -0.2) is 16.2 Å². The van der Waals surface area contributed by atoms with E-state index in [4.69, 9.17) is 0 Å². The van der Waals surface area contributed by atoms with Gasteiger partial charge in [-0.15, -0.1) is 0 Å². The molecule has 0 fully saturated rings. The number of hydrogen-bond acceptors (Lipinski definition) is 2. The van der Waals surface area contributed by atoms with E-state index in [1.807, 2.05) is 12.3 Å².